The highest BCUT2D eigenvalue weighted by Crippen LogP contribution is 2.29. The topological polar surface area (TPSA) is 58.1 Å². The van der Waals surface area contributed by atoms with Crippen LogP contribution in [0.15, 0.2) is 17.1 Å². The molecule has 0 unspecified atom stereocenters. The minimum absolute atomic E-state index is 0.216. The summed E-state index contributed by atoms with van der Waals surface area (Å²) in [6.45, 7) is 10.8. The predicted molar refractivity (Wildman–Crippen MR) is 109 cm³/mol. The summed E-state index contributed by atoms with van der Waals surface area (Å²) >= 11 is 0. The molecule has 0 saturated carbocycles. The molecular weight excluding hydrogens is 359 g/mol. The lowest BCUT2D eigenvalue weighted by atomic mass is 10.0. The Morgan fingerprint density at radius 2 is 2.11 bits per heavy atom. The summed E-state index contributed by atoms with van der Waals surface area (Å²) in [6, 6.07) is 4.07. The van der Waals surface area contributed by atoms with Gasteiger partial charge in [0.25, 0.3) is 0 Å². The van der Waals surface area contributed by atoms with Crippen molar-refractivity contribution in [2.75, 3.05) is 33.0 Å². The number of guanidine groups is 1. The first-order valence-corrected chi connectivity index (χ1v) is 10.4. The van der Waals surface area contributed by atoms with Gasteiger partial charge in [0, 0.05) is 43.8 Å². The lowest BCUT2D eigenvalue weighted by Crippen LogP contribution is -2.49. The van der Waals surface area contributed by atoms with Crippen LogP contribution in [0.1, 0.15) is 44.7 Å². The molecule has 1 aromatic carbocycles. The second-order valence-electron chi connectivity index (χ2n) is 7.72. The molecule has 2 N–H and O–H groups in total. The van der Waals surface area contributed by atoms with E-state index in [-0.39, 0.29) is 12.6 Å². The van der Waals surface area contributed by atoms with E-state index in [1.165, 1.54) is 6.07 Å². The molecule has 0 aromatic heterocycles. The number of hydrogen-bond acceptors (Lipinski definition) is 4. The van der Waals surface area contributed by atoms with Crippen molar-refractivity contribution < 1.29 is 13.9 Å². The number of ether oxygens (including phenoxy) is 2. The van der Waals surface area contributed by atoms with Gasteiger partial charge in [0.1, 0.15) is 11.6 Å². The normalized spacial score (nSPS) is 18.7. The summed E-state index contributed by atoms with van der Waals surface area (Å²) in [6.07, 6.45) is 2.87. The minimum atomic E-state index is -0.256. The number of nitrogens with one attached hydrogen (secondary N) is 2. The van der Waals surface area contributed by atoms with E-state index >= 15 is 0 Å². The minimum Gasteiger partial charge on any atom is -0.467 e. The first-order chi connectivity index (χ1) is 13.6. The Balaban J connectivity index is 1.57. The van der Waals surface area contributed by atoms with Gasteiger partial charge in [0.15, 0.2) is 12.8 Å². The maximum atomic E-state index is 13.9. The smallest absolute Gasteiger partial charge is 0.191 e. The Labute approximate surface area is 167 Å². The highest BCUT2D eigenvalue weighted by atomic mass is 19.1. The van der Waals surface area contributed by atoms with E-state index in [1.807, 2.05) is 0 Å². The number of benzene rings is 1. The van der Waals surface area contributed by atoms with Gasteiger partial charge in [-0.3, -0.25) is 4.99 Å². The number of rotatable bonds is 6. The number of halogens is 1. The highest BCUT2D eigenvalue weighted by molar-refractivity contribution is 5.80. The number of hydrogen-bond donors (Lipinski definition) is 2. The molecule has 7 heteroatoms. The van der Waals surface area contributed by atoms with Crippen LogP contribution in [0.25, 0.3) is 0 Å². The van der Waals surface area contributed by atoms with E-state index in [0.717, 1.165) is 55.3 Å². The monoisotopic (exact) mass is 392 g/mol. The molecule has 6 nitrogen and oxygen atoms in total. The van der Waals surface area contributed by atoms with Gasteiger partial charge in [-0.15, -0.1) is 0 Å². The molecule has 2 heterocycles. The average Bonchev–Trinajstić information content (AvgIpc) is 2.68. The number of piperidine rings is 1. The second kappa shape index (κ2) is 10.1. The zero-order valence-corrected chi connectivity index (χ0v) is 17.3. The molecule has 0 aliphatic carbocycles. The van der Waals surface area contributed by atoms with Crippen molar-refractivity contribution in [3.05, 3.63) is 29.1 Å². The maximum Gasteiger partial charge on any atom is 0.191 e. The Kier molecular flexibility index (Phi) is 7.50. The summed E-state index contributed by atoms with van der Waals surface area (Å²) < 4.78 is 24.7. The summed E-state index contributed by atoms with van der Waals surface area (Å²) in [5.41, 5.74) is 1.62. The third-order valence-electron chi connectivity index (χ3n) is 5.35. The zero-order chi connectivity index (χ0) is 19.9. The van der Waals surface area contributed by atoms with Crippen LogP contribution in [0.3, 0.4) is 0 Å². The summed E-state index contributed by atoms with van der Waals surface area (Å²) in [5, 5.41) is 6.89. The van der Waals surface area contributed by atoms with Crippen LogP contribution >= 0.6 is 0 Å². The fraction of sp³-hybridized carbons (Fsp3) is 0.667. The molecule has 0 atom stereocenters. The van der Waals surface area contributed by atoms with Crippen molar-refractivity contribution in [3.63, 3.8) is 0 Å². The molecule has 0 bridgehead atoms. The molecule has 2 aliphatic rings. The molecule has 156 valence electrons. The summed E-state index contributed by atoms with van der Waals surface area (Å²) in [5.74, 6) is 1.33. The number of fused-ring (bicyclic) bond motifs is 1. The summed E-state index contributed by atoms with van der Waals surface area (Å²) in [7, 11) is 0. The molecule has 3 rings (SSSR count). The van der Waals surface area contributed by atoms with Crippen molar-refractivity contribution in [2.45, 2.75) is 58.7 Å². The molecular formula is C21H33FN4O2. The van der Waals surface area contributed by atoms with Gasteiger partial charge in [-0.05, 0) is 57.7 Å². The molecule has 0 radical (unpaired) electrons. The number of aliphatic imine (C=N–C) groups is 1. The fourth-order valence-corrected chi connectivity index (χ4v) is 3.80. The van der Waals surface area contributed by atoms with Gasteiger partial charge in [-0.1, -0.05) is 0 Å². The zero-order valence-electron chi connectivity index (χ0n) is 17.3. The SMILES string of the molecule is CCNC(=NCCc1cc(F)cc2c1OCOC2)NC1CCN(C(C)C)CC1. The van der Waals surface area contributed by atoms with Crippen LogP contribution in [0, 0.1) is 5.82 Å². The third kappa shape index (κ3) is 5.58. The van der Waals surface area contributed by atoms with Crippen LogP contribution in [0.2, 0.25) is 0 Å². The van der Waals surface area contributed by atoms with E-state index in [0.29, 0.717) is 31.7 Å². The standard InChI is InChI=1S/C21H33FN4O2/c1-4-23-21(25-19-6-9-26(10-7-19)15(2)3)24-8-5-16-11-18(22)12-17-13-27-14-28-20(16)17/h11-12,15,19H,4-10,13-14H2,1-3H3,(H2,23,24,25). The maximum absolute atomic E-state index is 13.9. The fourth-order valence-electron chi connectivity index (χ4n) is 3.80. The van der Waals surface area contributed by atoms with Crippen molar-refractivity contribution in [2.24, 2.45) is 4.99 Å². The molecule has 1 fully saturated rings. The quantitative estimate of drug-likeness (QED) is 0.576. The number of likely N-dealkylation sites (tertiary alicyclic amines) is 1. The van der Waals surface area contributed by atoms with Crippen LogP contribution in [0.4, 0.5) is 4.39 Å². The molecule has 28 heavy (non-hydrogen) atoms. The van der Waals surface area contributed by atoms with Crippen LogP contribution in [-0.2, 0) is 17.8 Å². The van der Waals surface area contributed by atoms with Crippen LogP contribution in [-0.4, -0.2) is 55.9 Å². The lowest BCUT2D eigenvalue weighted by molar-refractivity contribution is -0.0172. The van der Waals surface area contributed by atoms with Crippen molar-refractivity contribution in [1.82, 2.24) is 15.5 Å². The van der Waals surface area contributed by atoms with Gasteiger partial charge < -0.3 is 25.0 Å². The Morgan fingerprint density at radius 1 is 1.32 bits per heavy atom. The second-order valence-corrected chi connectivity index (χ2v) is 7.72. The molecule has 0 amide bonds. The Hall–Kier alpha value is -1.86. The van der Waals surface area contributed by atoms with Crippen LogP contribution < -0.4 is 15.4 Å². The molecule has 1 saturated heterocycles. The van der Waals surface area contributed by atoms with E-state index in [2.05, 4.69) is 36.3 Å². The Bertz CT molecular complexity index is 673. The van der Waals surface area contributed by atoms with Crippen molar-refractivity contribution in [1.29, 1.82) is 0 Å². The average molecular weight is 393 g/mol. The predicted octanol–water partition coefficient (Wildman–Crippen LogP) is 2.66. The summed E-state index contributed by atoms with van der Waals surface area (Å²) in [4.78, 5) is 7.22. The molecule has 1 aromatic rings. The van der Waals surface area contributed by atoms with Gasteiger partial charge in [-0.2, -0.15) is 0 Å². The molecule has 2 aliphatic heterocycles. The van der Waals surface area contributed by atoms with E-state index in [9.17, 15) is 4.39 Å². The van der Waals surface area contributed by atoms with Crippen molar-refractivity contribution in [3.8, 4) is 5.75 Å². The Morgan fingerprint density at radius 3 is 2.82 bits per heavy atom. The lowest BCUT2D eigenvalue weighted by Gasteiger charge is -2.35. The van der Waals surface area contributed by atoms with Crippen molar-refractivity contribution >= 4 is 5.96 Å². The van der Waals surface area contributed by atoms with Crippen LogP contribution in [0.5, 0.6) is 5.75 Å². The number of nitrogens with zero attached hydrogens (tertiary/aromatic N) is 2. The first-order valence-electron chi connectivity index (χ1n) is 10.4. The first kappa shape index (κ1) is 20.9. The van der Waals surface area contributed by atoms with Gasteiger partial charge in [0.05, 0.1) is 6.61 Å². The van der Waals surface area contributed by atoms with E-state index in [4.69, 9.17) is 14.5 Å². The third-order valence-corrected chi connectivity index (χ3v) is 5.35. The van der Waals surface area contributed by atoms with Gasteiger partial charge in [0.2, 0.25) is 0 Å². The highest BCUT2D eigenvalue weighted by Gasteiger charge is 2.21. The van der Waals surface area contributed by atoms with E-state index in [1.54, 1.807) is 6.07 Å². The van der Waals surface area contributed by atoms with Gasteiger partial charge in [-0.25, -0.2) is 4.39 Å². The largest absolute Gasteiger partial charge is 0.467 e. The van der Waals surface area contributed by atoms with Gasteiger partial charge >= 0.3 is 0 Å². The van der Waals surface area contributed by atoms with E-state index < -0.39 is 0 Å². The molecule has 0 spiro atoms.